The summed E-state index contributed by atoms with van der Waals surface area (Å²) >= 11 is 1.75. The molecule has 1 heterocycles. The lowest BCUT2D eigenvalue weighted by Gasteiger charge is -2.16. The molecule has 2 aromatic rings. The van der Waals surface area contributed by atoms with Crippen molar-refractivity contribution in [1.82, 2.24) is 4.98 Å². The topological polar surface area (TPSA) is 63.3 Å². The maximum atomic E-state index is 6.01. The Bertz CT molecular complexity index is 718. The third kappa shape index (κ3) is 8.09. The van der Waals surface area contributed by atoms with Gasteiger partial charge in [-0.1, -0.05) is 26.8 Å². The van der Waals surface area contributed by atoms with Gasteiger partial charge in [-0.05, 0) is 54.8 Å². The van der Waals surface area contributed by atoms with E-state index in [1.807, 2.05) is 12.3 Å². The molecule has 0 fully saturated rings. The number of aromatic nitrogens is 1. The number of pyridine rings is 1. The number of nitrogens with one attached hydrogen (secondary N) is 1. The summed E-state index contributed by atoms with van der Waals surface area (Å²) in [6.45, 7) is 11.2. The molecule has 0 amide bonds. The fourth-order valence-electron chi connectivity index (χ4n) is 2.33. The number of hydrogen-bond acceptors (Lipinski definition) is 3. The lowest BCUT2D eigenvalue weighted by molar-refractivity contribution is 0.798. The van der Waals surface area contributed by atoms with E-state index in [1.54, 1.807) is 11.8 Å². The van der Waals surface area contributed by atoms with Crippen LogP contribution in [0.25, 0.3) is 0 Å². The number of nitrogens with zero attached hydrogens (tertiary/aromatic N) is 2. The van der Waals surface area contributed by atoms with Gasteiger partial charge in [-0.3, -0.25) is 0 Å². The lowest BCUT2D eigenvalue weighted by Crippen LogP contribution is -2.22. The van der Waals surface area contributed by atoms with Crippen molar-refractivity contribution >= 4 is 47.4 Å². The molecule has 0 bridgehead atoms. The van der Waals surface area contributed by atoms with E-state index in [0.29, 0.717) is 12.5 Å². The van der Waals surface area contributed by atoms with Crippen molar-refractivity contribution in [2.45, 2.75) is 50.9 Å². The molecular formula is C19H27IN4S. The molecule has 0 unspecified atom stereocenters. The minimum atomic E-state index is 0. The van der Waals surface area contributed by atoms with Gasteiger partial charge in [-0.25, -0.2) is 9.98 Å². The molecule has 0 saturated heterocycles. The van der Waals surface area contributed by atoms with E-state index in [-0.39, 0.29) is 28.7 Å². The average molecular weight is 470 g/mol. The minimum absolute atomic E-state index is 0. The zero-order valence-electron chi connectivity index (χ0n) is 15.5. The Labute approximate surface area is 172 Å². The highest BCUT2D eigenvalue weighted by Gasteiger charge is 2.13. The second-order valence-electron chi connectivity index (χ2n) is 6.92. The van der Waals surface area contributed by atoms with Gasteiger partial charge in [0.25, 0.3) is 0 Å². The predicted molar refractivity (Wildman–Crippen MR) is 120 cm³/mol. The van der Waals surface area contributed by atoms with Gasteiger partial charge in [0, 0.05) is 16.6 Å². The van der Waals surface area contributed by atoms with Gasteiger partial charge in [0.1, 0.15) is 0 Å². The van der Waals surface area contributed by atoms with Gasteiger partial charge in [-0.15, -0.1) is 35.7 Å². The largest absolute Gasteiger partial charge is 0.370 e. The van der Waals surface area contributed by atoms with Crippen LogP contribution in [0.15, 0.2) is 46.5 Å². The van der Waals surface area contributed by atoms with E-state index in [2.05, 4.69) is 74.2 Å². The number of thioether (sulfide) groups is 1. The van der Waals surface area contributed by atoms with Crippen molar-refractivity contribution < 1.29 is 0 Å². The van der Waals surface area contributed by atoms with Crippen LogP contribution in [0, 0.1) is 13.8 Å². The number of aryl methyl sites for hydroxylation is 2. The Morgan fingerprint density at radius 1 is 1.16 bits per heavy atom. The van der Waals surface area contributed by atoms with Crippen LogP contribution < -0.4 is 11.1 Å². The molecule has 4 nitrogen and oxygen atoms in total. The summed E-state index contributed by atoms with van der Waals surface area (Å²) in [5.74, 6) is 0.418. The normalized spacial score (nSPS) is 11.8. The number of aliphatic imine (C=N–C) groups is 1. The van der Waals surface area contributed by atoms with Crippen LogP contribution in [0.5, 0.6) is 0 Å². The molecular weight excluding hydrogens is 443 g/mol. The van der Waals surface area contributed by atoms with Crippen molar-refractivity contribution in [3.05, 3.63) is 53.2 Å². The molecule has 0 atom stereocenters. The van der Waals surface area contributed by atoms with Gasteiger partial charge in [0.05, 0.1) is 11.6 Å². The van der Waals surface area contributed by atoms with E-state index in [0.717, 1.165) is 16.3 Å². The fourth-order valence-corrected chi connectivity index (χ4v) is 3.28. The van der Waals surface area contributed by atoms with Gasteiger partial charge in [0.15, 0.2) is 5.96 Å². The second kappa shape index (κ2) is 9.43. The molecule has 1 aromatic heterocycles. The highest BCUT2D eigenvalue weighted by Crippen LogP contribution is 2.30. The maximum Gasteiger partial charge on any atom is 0.193 e. The van der Waals surface area contributed by atoms with E-state index < -0.39 is 0 Å². The molecule has 0 aliphatic heterocycles. The van der Waals surface area contributed by atoms with Gasteiger partial charge < -0.3 is 11.1 Å². The first-order valence-corrected chi connectivity index (χ1v) is 8.82. The maximum absolute atomic E-state index is 6.01. The standard InChI is InChI=1S/C19H26N4S.HI/c1-13-8-14(2)10-16(9-13)23-18(20)22-12-15-6-7-21-17(11-15)24-19(3,4)5;/h6-11H,12H2,1-5H3,(H3,20,22,23);1H. The smallest absolute Gasteiger partial charge is 0.193 e. The van der Waals surface area contributed by atoms with Crippen molar-refractivity contribution in [1.29, 1.82) is 0 Å². The molecule has 1 aromatic carbocycles. The monoisotopic (exact) mass is 470 g/mol. The molecule has 0 spiro atoms. The van der Waals surface area contributed by atoms with Crippen LogP contribution in [0.1, 0.15) is 37.5 Å². The number of nitrogens with two attached hydrogens (primary N) is 1. The third-order valence-electron chi connectivity index (χ3n) is 3.14. The second-order valence-corrected chi connectivity index (χ2v) is 8.77. The van der Waals surface area contributed by atoms with Crippen LogP contribution in [0.3, 0.4) is 0 Å². The molecule has 0 radical (unpaired) electrons. The summed E-state index contributed by atoms with van der Waals surface area (Å²) in [7, 11) is 0. The van der Waals surface area contributed by atoms with Crippen molar-refractivity contribution in [3.8, 4) is 0 Å². The summed E-state index contributed by atoms with van der Waals surface area (Å²) in [6.07, 6.45) is 1.83. The van der Waals surface area contributed by atoms with E-state index in [9.17, 15) is 0 Å². The molecule has 2 rings (SSSR count). The van der Waals surface area contributed by atoms with E-state index in [4.69, 9.17) is 5.73 Å². The van der Waals surface area contributed by atoms with Gasteiger partial charge in [-0.2, -0.15) is 0 Å². The van der Waals surface area contributed by atoms with E-state index >= 15 is 0 Å². The Morgan fingerprint density at radius 3 is 2.40 bits per heavy atom. The minimum Gasteiger partial charge on any atom is -0.370 e. The first kappa shape index (κ1) is 21.8. The number of rotatable bonds is 4. The van der Waals surface area contributed by atoms with Crippen molar-refractivity contribution in [3.63, 3.8) is 0 Å². The van der Waals surface area contributed by atoms with Gasteiger partial charge in [0.2, 0.25) is 0 Å². The summed E-state index contributed by atoms with van der Waals surface area (Å²) in [5, 5.41) is 4.16. The lowest BCUT2D eigenvalue weighted by atomic mass is 10.1. The number of guanidine groups is 1. The van der Waals surface area contributed by atoms with Crippen LogP contribution >= 0.6 is 35.7 Å². The number of benzene rings is 1. The van der Waals surface area contributed by atoms with E-state index in [1.165, 1.54) is 11.1 Å². The fraction of sp³-hybridized carbons (Fsp3) is 0.368. The predicted octanol–water partition coefficient (Wildman–Crippen LogP) is 5.13. The van der Waals surface area contributed by atoms with Crippen molar-refractivity contribution in [2.75, 3.05) is 5.32 Å². The summed E-state index contributed by atoms with van der Waals surface area (Å²) in [5.41, 5.74) is 10.5. The third-order valence-corrected chi connectivity index (χ3v) is 4.18. The first-order valence-electron chi connectivity index (χ1n) is 8.00. The molecule has 136 valence electrons. The highest BCUT2D eigenvalue weighted by atomic mass is 127. The van der Waals surface area contributed by atoms with Crippen LogP contribution in [-0.2, 0) is 6.54 Å². The van der Waals surface area contributed by atoms with Crippen LogP contribution in [0.2, 0.25) is 0 Å². The zero-order chi connectivity index (χ0) is 17.7. The summed E-state index contributed by atoms with van der Waals surface area (Å²) in [4.78, 5) is 8.84. The Hall–Kier alpha value is -1.28. The molecule has 0 aliphatic rings. The van der Waals surface area contributed by atoms with Crippen molar-refractivity contribution in [2.24, 2.45) is 10.7 Å². The summed E-state index contributed by atoms with van der Waals surface area (Å²) in [6, 6.07) is 10.3. The first-order chi connectivity index (χ1) is 11.2. The summed E-state index contributed by atoms with van der Waals surface area (Å²) < 4.78 is 0.137. The SMILES string of the molecule is Cc1cc(C)cc(NC(N)=NCc2ccnc(SC(C)(C)C)c2)c1.I. The quantitative estimate of drug-likeness (QED) is 0.281. The highest BCUT2D eigenvalue weighted by molar-refractivity contribution is 14.0. The Balaban J connectivity index is 0.00000312. The van der Waals surface area contributed by atoms with Crippen LogP contribution in [-0.4, -0.2) is 15.7 Å². The number of anilines is 1. The Morgan fingerprint density at radius 2 is 1.80 bits per heavy atom. The number of halogens is 1. The zero-order valence-corrected chi connectivity index (χ0v) is 18.6. The molecule has 25 heavy (non-hydrogen) atoms. The molecule has 6 heteroatoms. The molecule has 0 aliphatic carbocycles. The molecule has 3 N–H and O–H groups in total. The average Bonchev–Trinajstić information content (AvgIpc) is 2.42. The number of hydrogen-bond donors (Lipinski definition) is 2. The molecule has 0 saturated carbocycles. The Kier molecular flexibility index (Phi) is 8.21. The van der Waals surface area contributed by atoms with Gasteiger partial charge >= 0.3 is 0 Å². The van der Waals surface area contributed by atoms with Crippen LogP contribution in [0.4, 0.5) is 5.69 Å².